The van der Waals surface area contributed by atoms with E-state index >= 15 is 0 Å². The van der Waals surface area contributed by atoms with Crippen LogP contribution in [0.25, 0.3) is 0 Å². The number of nitrogens with zero attached hydrogens (tertiary/aromatic N) is 2. The largest absolute Gasteiger partial charge is 0.390 e. The lowest BCUT2D eigenvalue weighted by Gasteiger charge is -2.10. The number of aliphatic hydroxyl groups excluding tert-OH is 1. The summed E-state index contributed by atoms with van der Waals surface area (Å²) in [4.78, 5) is 4.19. The highest BCUT2D eigenvalue weighted by atomic mass is 32.2. The van der Waals surface area contributed by atoms with Gasteiger partial charge in [-0.05, 0) is 19.9 Å². The first-order chi connectivity index (χ1) is 9.44. The standard InChI is InChI=1S/C12H17N3O3S2/c1-9(2)15-7-11(5-10(15)8-16)20(17,18)14-6-12-13-3-4-19-12/h3-5,7,9,14,16H,6,8H2,1-2H3. The lowest BCUT2D eigenvalue weighted by atomic mass is 10.3. The number of nitrogens with one attached hydrogen (secondary N) is 1. The normalized spacial score (nSPS) is 12.2. The zero-order valence-corrected chi connectivity index (χ0v) is 12.9. The fourth-order valence-corrected chi connectivity index (χ4v) is 3.52. The molecule has 110 valence electrons. The van der Waals surface area contributed by atoms with E-state index in [1.807, 2.05) is 13.8 Å². The Kier molecular flexibility index (Phi) is 4.59. The summed E-state index contributed by atoms with van der Waals surface area (Å²) in [6.07, 6.45) is 3.17. The van der Waals surface area contributed by atoms with Gasteiger partial charge in [-0.1, -0.05) is 0 Å². The van der Waals surface area contributed by atoms with Gasteiger partial charge < -0.3 is 9.67 Å². The molecule has 0 fully saturated rings. The summed E-state index contributed by atoms with van der Waals surface area (Å²) in [6, 6.07) is 1.57. The summed E-state index contributed by atoms with van der Waals surface area (Å²) in [5.41, 5.74) is 0.578. The summed E-state index contributed by atoms with van der Waals surface area (Å²) in [7, 11) is -3.60. The third-order valence-corrected chi connectivity index (χ3v) is 4.98. The van der Waals surface area contributed by atoms with Gasteiger partial charge in [-0.15, -0.1) is 11.3 Å². The average Bonchev–Trinajstić information content (AvgIpc) is 3.05. The Morgan fingerprint density at radius 2 is 2.25 bits per heavy atom. The van der Waals surface area contributed by atoms with Crippen LogP contribution in [0.4, 0.5) is 0 Å². The molecule has 0 aliphatic heterocycles. The molecule has 0 spiro atoms. The second-order valence-corrected chi connectivity index (χ2v) is 7.32. The number of hydrogen-bond donors (Lipinski definition) is 2. The molecular weight excluding hydrogens is 298 g/mol. The zero-order chi connectivity index (χ0) is 14.8. The Balaban J connectivity index is 2.21. The van der Waals surface area contributed by atoms with Crippen molar-refractivity contribution >= 4 is 21.4 Å². The van der Waals surface area contributed by atoms with Gasteiger partial charge in [0.1, 0.15) is 5.01 Å². The van der Waals surface area contributed by atoms with E-state index in [4.69, 9.17) is 0 Å². The van der Waals surface area contributed by atoms with E-state index in [1.165, 1.54) is 17.4 Å². The Labute approximate surface area is 122 Å². The highest BCUT2D eigenvalue weighted by Crippen LogP contribution is 2.19. The molecule has 0 aliphatic rings. The maximum Gasteiger partial charge on any atom is 0.242 e. The minimum atomic E-state index is -3.60. The van der Waals surface area contributed by atoms with Crippen molar-refractivity contribution in [2.24, 2.45) is 0 Å². The summed E-state index contributed by atoms with van der Waals surface area (Å²) >= 11 is 1.39. The Bertz CT molecular complexity index is 660. The number of rotatable bonds is 6. The Hall–Kier alpha value is -1.22. The third-order valence-electron chi connectivity index (χ3n) is 2.83. The number of sulfonamides is 1. The van der Waals surface area contributed by atoms with Crippen LogP contribution in [0.5, 0.6) is 0 Å². The predicted molar refractivity (Wildman–Crippen MR) is 76.9 cm³/mol. The van der Waals surface area contributed by atoms with Crippen LogP contribution >= 0.6 is 11.3 Å². The van der Waals surface area contributed by atoms with E-state index in [1.54, 1.807) is 22.3 Å². The van der Waals surface area contributed by atoms with Gasteiger partial charge in [-0.25, -0.2) is 18.1 Å². The molecule has 0 radical (unpaired) electrons. The van der Waals surface area contributed by atoms with Crippen LogP contribution in [0.1, 0.15) is 30.6 Å². The maximum atomic E-state index is 12.2. The minimum Gasteiger partial charge on any atom is -0.390 e. The van der Waals surface area contributed by atoms with Crippen LogP contribution < -0.4 is 4.72 Å². The summed E-state index contributed by atoms with van der Waals surface area (Å²) in [6.45, 7) is 3.83. The first kappa shape index (κ1) is 15.2. The van der Waals surface area contributed by atoms with E-state index < -0.39 is 10.0 Å². The molecule has 8 heteroatoms. The average molecular weight is 315 g/mol. The third kappa shape index (κ3) is 3.26. The molecule has 0 saturated heterocycles. The lowest BCUT2D eigenvalue weighted by Crippen LogP contribution is -2.22. The van der Waals surface area contributed by atoms with E-state index in [0.717, 1.165) is 0 Å². The zero-order valence-electron chi connectivity index (χ0n) is 11.3. The van der Waals surface area contributed by atoms with Gasteiger partial charge in [0.25, 0.3) is 0 Å². The van der Waals surface area contributed by atoms with Crippen LogP contribution in [0.2, 0.25) is 0 Å². The van der Waals surface area contributed by atoms with Gasteiger partial charge in [-0.3, -0.25) is 0 Å². The van der Waals surface area contributed by atoms with Gasteiger partial charge in [0, 0.05) is 29.5 Å². The van der Waals surface area contributed by atoms with E-state index in [-0.39, 0.29) is 24.1 Å². The summed E-state index contributed by atoms with van der Waals surface area (Å²) in [5, 5.41) is 11.8. The molecule has 2 aromatic heterocycles. The summed E-state index contributed by atoms with van der Waals surface area (Å²) < 4.78 is 28.7. The smallest absolute Gasteiger partial charge is 0.242 e. The number of aromatic nitrogens is 2. The highest BCUT2D eigenvalue weighted by Gasteiger charge is 2.19. The summed E-state index contributed by atoms with van der Waals surface area (Å²) in [5.74, 6) is 0. The number of thiazole rings is 1. The SMILES string of the molecule is CC(C)n1cc(S(=O)(=O)NCc2nccs2)cc1CO. The van der Waals surface area contributed by atoms with Crippen LogP contribution in [0, 0.1) is 0 Å². The minimum absolute atomic E-state index is 0.0834. The molecule has 6 nitrogen and oxygen atoms in total. The molecule has 0 aliphatic carbocycles. The molecule has 20 heavy (non-hydrogen) atoms. The molecule has 2 heterocycles. The molecule has 0 aromatic carbocycles. The predicted octanol–water partition coefficient (Wildman–Crippen LogP) is 1.50. The van der Waals surface area contributed by atoms with Crippen LogP contribution in [0.15, 0.2) is 28.7 Å². The second kappa shape index (κ2) is 6.04. The number of hydrogen-bond acceptors (Lipinski definition) is 5. The first-order valence-electron chi connectivity index (χ1n) is 6.13. The van der Waals surface area contributed by atoms with Gasteiger partial charge in [0.05, 0.1) is 18.0 Å². The van der Waals surface area contributed by atoms with Gasteiger partial charge >= 0.3 is 0 Å². The van der Waals surface area contributed by atoms with Gasteiger partial charge in [0.2, 0.25) is 10.0 Å². The highest BCUT2D eigenvalue weighted by molar-refractivity contribution is 7.89. The van der Waals surface area contributed by atoms with Crippen molar-refractivity contribution in [1.82, 2.24) is 14.3 Å². The molecule has 0 bridgehead atoms. The molecule has 2 rings (SSSR count). The number of aliphatic hydroxyl groups is 1. The monoisotopic (exact) mass is 315 g/mol. The van der Waals surface area contributed by atoms with E-state index in [9.17, 15) is 13.5 Å². The van der Waals surface area contributed by atoms with Crippen LogP contribution in [-0.4, -0.2) is 23.1 Å². The van der Waals surface area contributed by atoms with Crippen molar-refractivity contribution in [2.45, 2.75) is 37.9 Å². The van der Waals surface area contributed by atoms with Gasteiger partial charge in [0.15, 0.2) is 0 Å². The van der Waals surface area contributed by atoms with Crippen molar-refractivity contribution in [3.8, 4) is 0 Å². The maximum absolute atomic E-state index is 12.2. The quantitative estimate of drug-likeness (QED) is 0.846. The van der Waals surface area contributed by atoms with Gasteiger partial charge in [-0.2, -0.15) is 0 Å². The molecule has 0 amide bonds. The van der Waals surface area contributed by atoms with Crippen LogP contribution in [-0.2, 0) is 23.2 Å². The van der Waals surface area contributed by atoms with Crippen molar-refractivity contribution in [3.05, 3.63) is 34.5 Å². The van der Waals surface area contributed by atoms with Crippen molar-refractivity contribution in [1.29, 1.82) is 0 Å². The molecule has 2 aromatic rings. The lowest BCUT2D eigenvalue weighted by molar-refractivity contribution is 0.268. The molecule has 0 unspecified atom stereocenters. The topological polar surface area (TPSA) is 84.2 Å². The fourth-order valence-electron chi connectivity index (χ4n) is 1.83. The second-order valence-electron chi connectivity index (χ2n) is 4.58. The molecule has 0 atom stereocenters. The van der Waals surface area contributed by atoms with Crippen LogP contribution in [0.3, 0.4) is 0 Å². The molecule has 2 N–H and O–H groups in total. The Morgan fingerprint density at radius 3 is 2.75 bits per heavy atom. The Morgan fingerprint density at radius 1 is 1.50 bits per heavy atom. The molecule has 0 saturated carbocycles. The van der Waals surface area contributed by atoms with E-state index in [2.05, 4.69) is 9.71 Å². The van der Waals surface area contributed by atoms with Crippen molar-refractivity contribution in [2.75, 3.05) is 0 Å². The van der Waals surface area contributed by atoms with Crippen molar-refractivity contribution in [3.63, 3.8) is 0 Å². The first-order valence-corrected chi connectivity index (χ1v) is 8.50. The van der Waals surface area contributed by atoms with Crippen molar-refractivity contribution < 1.29 is 13.5 Å². The molecular formula is C12H17N3O3S2. The van der Waals surface area contributed by atoms with E-state index in [0.29, 0.717) is 10.7 Å². The fraction of sp³-hybridized carbons (Fsp3) is 0.417.